The first-order valence-corrected chi connectivity index (χ1v) is 15.0. The first-order chi connectivity index (χ1) is 22.0. The summed E-state index contributed by atoms with van der Waals surface area (Å²) in [5.41, 5.74) is 2.76. The van der Waals surface area contributed by atoms with Crippen molar-refractivity contribution in [3.8, 4) is 5.75 Å². The Morgan fingerprint density at radius 2 is 1.46 bits per heavy atom. The SMILES string of the molecule is Cc1ccc(C(=O)Nc2cccc(O[C@@H]3O[C@H](C(=O)O)[C@@H](O)[C@H](O)[C@H]3O)c2NC(=O)c2ccc(N3CCCN(C)CC3)cc2)cc1. The number of ether oxygens (including phenoxy) is 2. The van der Waals surface area contributed by atoms with Gasteiger partial charge in [0.05, 0.1) is 5.69 Å². The fourth-order valence-corrected chi connectivity index (χ4v) is 5.35. The number of anilines is 3. The molecule has 3 aromatic rings. The monoisotopic (exact) mass is 634 g/mol. The maximum absolute atomic E-state index is 13.6. The van der Waals surface area contributed by atoms with Crippen LogP contribution in [-0.4, -0.2) is 107 Å². The molecule has 2 aliphatic heterocycles. The summed E-state index contributed by atoms with van der Waals surface area (Å²) in [5, 5.41) is 45.9. The number of rotatable bonds is 8. The lowest BCUT2D eigenvalue weighted by molar-refractivity contribution is -0.271. The lowest BCUT2D eigenvalue weighted by Gasteiger charge is -2.38. The summed E-state index contributed by atoms with van der Waals surface area (Å²) < 4.78 is 11.1. The van der Waals surface area contributed by atoms with E-state index < -0.39 is 48.5 Å². The minimum Gasteiger partial charge on any atom is -0.479 e. The highest BCUT2D eigenvalue weighted by atomic mass is 16.7. The van der Waals surface area contributed by atoms with Gasteiger partial charge >= 0.3 is 5.97 Å². The van der Waals surface area contributed by atoms with Gasteiger partial charge in [-0.05, 0) is 75.5 Å². The second-order valence-electron chi connectivity index (χ2n) is 11.5. The van der Waals surface area contributed by atoms with Crippen molar-refractivity contribution in [3.63, 3.8) is 0 Å². The van der Waals surface area contributed by atoms with Crippen LogP contribution in [0.25, 0.3) is 0 Å². The van der Waals surface area contributed by atoms with E-state index >= 15 is 0 Å². The van der Waals surface area contributed by atoms with Gasteiger partial charge in [0.25, 0.3) is 11.8 Å². The molecule has 3 aromatic carbocycles. The third-order valence-electron chi connectivity index (χ3n) is 8.10. The molecule has 0 aliphatic carbocycles. The van der Waals surface area contributed by atoms with Gasteiger partial charge in [0.2, 0.25) is 6.29 Å². The molecule has 46 heavy (non-hydrogen) atoms. The average molecular weight is 635 g/mol. The number of benzene rings is 3. The van der Waals surface area contributed by atoms with Crippen LogP contribution in [0.15, 0.2) is 66.7 Å². The molecular weight excluding hydrogens is 596 g/mol. The number of amides is 2. The van der Waals surface area contributed by atoms with Crippen LogP contribution in [0.2, 0.25) is 0 Å². The van der Waals surface area contributed by atoms with Crippen molar-refractivity contribution in [2.24, 2.45) is 0 Å². The third kappa shape index (κ3) is 7.46. The standard InChI is InChI=1S/C33H38N4O9/c1-19-7-9-20(10-8-19)30(41)34-23-5-3-6-24(45-33-28(40)26(38)27(39)29(46-33)32(43)44)25(23)35-31(42)21-11-13-22(14-12-21)37-16-4-15-36(2)17-18-37/h3,5-14,26-29,33,38-40H,4,15-18H2,1-2H3,(H,34,41)(H,35,42)(H,43,44)/t26-,27-,28+,29-,33+/m0/s1. The Labute approximate surface area is 266 Å². The number of aliphatic carboxylic acids is 1. The van der Waals surface area contributed by atoms with Crippen LogP contribution in [0.4, 0.5) is 17.1 Å². The van der Waals surface area contributed by atoms with Crippen LogP contribution < -0.4 is 20.3 Å². The molecule has 6 N–H and O–H groups in total. The molecule has 0 unspecified atom stereocenters. The quantitative estimate of drug-likeness (QED) is 0.213. The first kappa shape index (κ1) is 32.9. The Morgan fingerprint density at radius 1 is 0.804 bits per heavy atom. The number of nitrogens with one attached hydrogen (secondary N) is 2. The van der Waals surface area contributed by atoms with Crippen LogP contribution in [0, 0.1) is 6.92 Å². The topological polar surface area (TPSA) is 181 Å². The molecule has 0 radical (unpaired) electrons. The van der Waals surface area contributed by atoms with E-state index in [1.165, 1.54) is 18.2 Å². The molecule has 5 rings (SSSR count). The van der Waals surface area contributed by atoms with Crippen molar-refractivity contribution in [2.45, 2.75) is 44.1 Å². The minimum atomic E-state index is -1.91. The van der Waals surface area contributed by atoms with Gasteiger partial charge in [-0.25, -0.2) is 4.79 Å². The van der Waals surface area contributed by atoms with Gasteiger partial charge < -0.3 is 50.3 Å². The van der Waals surface area contributed by atoms with E-state index in [1.54, 1.807) is 36.4 Å². The van der Waals surface area contributed by atoms with Crippen molar-refractivity contribution in [2.75, 3.05) is 48.8 Å². The van der Waals surface area contributed by atoms with Gasteiger partial charge in [0.15, 0.2) is 6.10 Å². The Balaban J connectivity index is 1.42. The van der Waals surface area contributed by atoms with E-state index in [1.807, 2.05) is 19.1 Å². The fourth-order valence-electron chi connectivity index (χ4n) is 5.35. The molecule has 2 aliphatic rings. The van der Waals surface area contributed by atoms with E-state index in [-0.39, 0.29) is 17.1 Å². The molecule has 13 heteroatoms. The van der Waals surface area contributed by atoms with Gasteiger partial charge in [0, 0.05) is 36.4 Å². The highest BCUT2D eigenvalue weighted by Crippen LogP contribution is 2.36. The highest BCUT2D eigenvalue weighted by molar-refractivity contribution is 6.11. The number of carbonyl (C=O) groups excluding carboxylic acids is 2. The number of carboxylic acid groups (broad SMARTS) is 1. The molecule has 244 valence electrons. The summed E-state index contributed by atoms with van der Waals surface area (Å²) in [5.74, 6) is -2.68. The van der Waals surface area contributed by atoms with Crippen LogP contribution in [0.5, 0.6) is 5.75 Å². The number of aryl methyl sites for hydroxylation is 1. The lowest BCUT2D eigenvalue weighted by Crippen LogP contribution is -2.61. The Hall–Kier alpha value is -4.53. The molecule has 2 fully saturated rings. The molecule has 13 nitrogen and oxygen atoms in total. The zero-order chi connectivity index (χ0) is 33.0. The summed E-state index contributed by atoms with van der Waals surface area (Å²) in [6.45, 7) is 5.59. The fraction of sp³-hybridized carbons (Fsp3) is 0.364. The smallest absolute Gasteiger partial charge is 0.335 e. The van der Waals surface area contributed by atoms with E-state index in [2.05, 4.69) is 27.5 Å². The van der Waals surface area contributed by atoms with E-state index in [0.29, 0.717) is 11.1 Å². The largest absolute Gasteiger partial charge is 0.479 e. The van der Waals surface area contributed by atoms with Crippen LogP contribution in [-0.2, 0) is 9.53 Å². The first-order valence-electron chi connectivity index (χ1n) is 15.0. The van der Waals surface area contributed by atoms with Gasteiger partial charge in [-0.15, -0.1) is 0 Å². The van der Waals surface area contributed by atoms with Gasteiger partial charge in [-0.2, -0.15) is 0 Å². The Morgan fingerprint density at radius 3 is 2.13 bits per heavy atom. The number of aliphatic hydroxyl groups is 3. The summed E-state index contributed by atoms with van der Waals surface area (Å²) in [6.07, 6.45) is -8.27. The highest BCUT2D eigenvalue weighted by Gasteiger charge is 2.48. The van der Waals surface area contributed by atoms with E-state index in [4.69, 9.17) is 9.47 Å². The molecule has 0 saturated carbocycles. The summed E-state index contributed by atoms with van der Waals surface area (Å²) in [6, 6.07) is 18.4. The van der Waals surface area contributed by atoms with Crippen LogP contribution in [0.1, 0.15) is 32.7 Å². The predicted octanol–water partition coefficient (Wildman–Crippen LogP) is 1.91. The lowest BCUT2D eigenvalue weighted by atomic mass is 9.99. The number of hydrogen-bond acceptors (Lipinski definition) is 10. The van der Waals surface area contributed by atoms with Crippen LogP contribution in [0.3, 0.4) is 0 Å². The molecular formula is C33H38N4O9. The second-order valence-corrected chi connectivity index (χ2v) is 11.5. The number of carbonyl (C=O) groups is 3. The molecule has 0 aromatic heterocycles. The summed E-state index contributed by atoms with van der Waals surface area (Å²) >= 11 is 0. The summed E-state index contributed by atoms with van der Waals surface area (Å²) in [7, 11) is 2.09. The number of nitrogens with zero attached hydrogens (tertiary/aromatic N) is 2. The molecule has 2 heterocycles. The van der Waals surface area contributed by atoms with Gasteiger partial charge in [-0.1, -0.05) is 23.8 Å². The van der Waals surface area contributed by atoms with Crippen molar-refractivity contribution in [1.82, 2.24) is 4.90 Å². The molecule has 0 bridgehead atoms. The zero-order valence-corrected chi connectivity index (χ0v) is 25.5. The van der Waals surface area contributed by atoms with Crippen molar-refractivity contribution in [3.05, 3.63) is 83.4 Å². The predicted molar refractivity (Wildman–Crippen MR) is 169 cm³/mol. The second kappa shape index (κ2) is 14.3. The van der Waals surface area contributed by atoms with Crippen molar-refractivity contribution >= 4 is 34.8 Å². The normalized spacial score (nSPS) is 23.7. The minimum absolute atomic E-state index is 0.00381. The maximum atomic E-state index is 13.6. The number of likely N-dealkylation sites (N-methyl/N-ethyl adjacent to an activating group) is 1. The van der Waals surface area contributed by atoms with Crippen LogP contribution >= 0.6 is 0 Å². The van der Waals surface area contributed by atoms with Crippen molar-refractivity contribution in [1.29, 1.82) is 0 Å². The zero-order valence-electron chi connectivity index (χ0n) is 25.5. The summed E-state index contributed by atoms with van der Waals surface area (Å²) in [4.78, 5) is 42.9. The maximum Gasteiger partial charge on any atom is 0.335 e. The van der Waals surface area contributed by atoms with Crippen molar-refractivity contribution < 1.29 is 44.3 Å². The molecule has 0 spiro atoms. The third-order valence-corrected chi connectivity index (χ3v) is 8.10. The Kier molecular flexibility index (Phi) is 10.2. The average Bonchev–Trinajstić information content (AvgIpc) is 3.27. The van der Waals surface area contributed by atoms with Gasteiger partial charge in [0.1, 0.15) is 29.7 Å². The number of aliphatic hydroxyl groups excluding tert-OH is 3. The van der Waals surface area contributed by atoms with E-state index in [0.717, 1.165) is 43.9 Å². The molecule has 2 saturated heterocycles. The van der Waals surface area contributed by atoms with Gasteiger partial charge in [-0.3, -0.25) is 9.59 Å². The Bertz CT molecular complexity index is 1550. The van der Waals surface area contributed by atoms with E-state index in [9.17, 15) is 34.8 Å². The number of para-hydroxylation sites is 1. The number of hydrogen-bond donors (Lipinski definition) is 6. The molecule has 5 atom stereocenters. The number of carboxylic acids is 1. The molecule has 2 amide bonds.